The molecule has 4 nitrogen and oxygen atoms in total. The van der Waals surface area contributed by atoms with Gasteiger partial charge in [-0.2, -0.15) is 0 Å². The summed E-state index contributed by atoms with van der Waals surface area (Å²) < 4.78 is 10.6. The fraction of sp³-hybridized carbons (Fsp3) is 0.684. The van der Waals surface area contributed by atoms with Crippen LogP contribution in [0.4, 0.5) is 0 Å². The topological polar surface area (TPSA) is 52.6 Å². The highest BCUT2D eigenvalue weighted by atomic mass is 16.6. The molecule has 4 heteroatoms. The molecule has 0 aromatic rings. The minimum absolute atomic E-state index is 0.0663. The van der Waals surface area contributed by atoms with E-state index >= 15 is 0 Å². The Labute approximate surface area is 138 Å². The minimum atomic E-state index is -1.18. The van der Waals surface area contributed by atoms with E-state index in [4.69, 9.17) is 9.47 Å². The van der Waals surface area contributed by atoms with Gasteiger partial charge in [0.15, 0.2) is 5.41 Å². The molecular weight excluding hydrogens is 292 g/mol. The van der Waals surface area contributed by atoms with Crippen LogP contribution in [0, 0.1) is 17.3 Å². The highest BCUT2D eigenvalue weighted by Crippen LogP contribution is 2.54. The van der Waals surface area contributed by atoms with Crippen molar-refractivity contribution in [3.63, 3.8) is 0 Å². The van der Waals surface area contributed by atoms with Gasteiger partial charge < -0.3 is 9.47 Å². The fourth-order valence-corrected chi connectivity index (χ4v) is 4.03. The zero-order valence-corrected chi connectivity index (χ0v) is 14.5. The Hall–Kier alpha value is -1.58. The van der Waals surface area contributed by atoms with Crippen LogP contribution < -0.4 is 0 Å². The molecule has 0 unspecified atom stereocenters. The van der Waals surface area contributed by atoms with E-state index in [1.165, 1.54) is 0 Å². The largest absolute Gasteiger partial charge is 0.465 e. The standard InChI is InChI=1S/C19H28O4/c1-4-14-13-19(17(20)22-5-2,18(21)23-6-3)16-12-10-8-7-9-11-15(14)16/h4,9,11,15-16H,5-8,10,12-13H2,1-3H3/b11-9-,14-4-/t15-,16+/m0/s1. The second-order valence-corrected chi connectivity index (χ2v) is 6.30. The summed E-state index contributed by atoms with van der Waals surface area (Å²) in [5.74, 6) is -0.768. The minimum Gasteiger partial charge on any atom is -0.465 e. The first kappa shape index (κ1) is 17.8. The number of hydrogen-bond acceptors (Lipinski definition) is 4. The van der Waals surface area contributed by atoms with Crippen molar-refractivity contribution >= 4 is 11.9 Å². The Morgan fingerprint density at radius 2 is 1.87 bits per heavy atom. The highest BCUT2D eigenvalue weighted by molar-refractivity contribution is 6.01. The Morgan fingerprint density at radius 3 is 2.43 bits per heavy atom. The first-order valence-electron chi connectivity index (χ1n) is 8.78. The van der Waals surface area contributed by atoms with Crippen LogP contribution in [0.3, 0.4) is 0 Å². The maximum atomic E-state index is 12.8. The Morgan fingerprint density at radius 1 is 1.22 bits per heavy atom. The maximum absolute atomic E-state index is 12.8. The van der Waals surface area contributed by atoms with Crippen molar-refractivity contribution in [2.24, 2.45) is 17.3 Å². The molecule has 0 radical (unpaired) electrons. The van der Waals surface area contributed by atoms with Crippen molar-refractivity contribution in [1.29, 1.82) is 0 Å². The molecule has 2 aliphatic rings. The summed E-state index contributed by atoms with van der Waals surface area (Å²) in [6.45, 7) is 6.08. The van der Waals surface area contributed by atoms with E-state index < -0.39 is 17.4 Å². The molecular formula is C19H28O4. The van der Waals surface area contributed by atoms with Crippen LogP contribution in [-0.2, 0) is 19.1 Å². The van der Waals surface area contributed by atoms with Crippen LogP contribution in [0.15, 0.2) is 23.8 Å². The van der Waals surface area contributed by atoms with Crippen molar-refractivity contribution in [3.8, 4) is 0 Å². The summed E-state index contributed by atoms with van der Waals surface area (Å²) in [4.78, 5) is 25.6. The van der Waals surface area contributed by atoms with E-state index in [-0.39, 0.29) is 25.0 Å². The van der Waals surface area contributed by atoms with Gasteiger partial charge in [-0.3, -0.25) is 9.59 Å². The number of fused-ring (bicyclic) bond motifs is 1. The summed E-state index contributed by atoms with van der Waals surface area (Å²) in [5, 5.41) is 0. The van der Waals surface area contributed by atoms with Crippen molar-refractivity contribution in [1.82, 2.24) is 0 Å². The van der Waals surface area contributed by atoms with Gasteiger partial charge in [0.25, 0.3) is 0 Å². The van der Waals surface area contributed by atoms with E-state index in [1.54, 1.807) is 13.8 Å². The van der Waals surface area contributed by atoms with Crippen LogP contribution >= 0.6 is 0 Å². The molecule has 0 aromatic heterocycles. The molecule has 23 heavy (non-hydrogen) atoms. The molecule has 2 rings (SSSR count). The second kappa shape index (κ2) is 7.80. The second-order valence-electron chi connectivity index (χ2n) is 6.30. The van der Waals surface area contributed by atoms with Gasteiger partial charge in [0, 0.05) is 5.92 Å². The molecule has 2 aliphatic carbocycles. The Bertz CT molecular complexity index is 485. The summed E-state index contributed by atoms with van der Waals surface area (Å²) in [6.07, 6.45) is 10.8. The molecule has 0 bridgehead atoms. The number of ether oxygens (including phenoxy) is 2. The monoisotopic (exact) mass is 320 g/mol. The molecule has 0 amide bonds. The first-order chi connectivity index (χ1) is 11.1. The average Bonchev–Trinajstić information content (AvgIpc) is 2.81. The maximum Gasteiger partial charge on any atom is 0.324 e. The highest BCUT2D eigenvalue weighted by Gasteiger charge is 2.61. The lowest BCUT2D eigenvalue weighted by molar-refractivity contribution is -0.175. The molecule has 1 fully saturated rings. The van der Waals surface area contributed by atoms with Crippen molar-refractivity contribution < 1.29 is 19.1 Å². The number of allylic oxidation sites excluding steroid dienone is 4. The van der Waals surface area contributed by atoms with Gasteiger partial charge in [-0.15, -0.1) is 0 Å². The van der Waals surface area contributed by atoms with Crippen molar-refractivity contribution in [3.05, 3.63) is 23.8 Å². The lowest BCUT2D eigenvalue weighted by Crippen LogP contribution is -2.46. The Balaban J connectivity index is 2.50. The summed E-state index contributed by atoms with van der Waals surface area (Å²) in [6, 6.07) is 0. The van der Waals surface area contributed by atoms with E-state index in [1.807, 2.05) is 13.0 Å². The lowest BCUT2D eigenvalue weighted by Gasteiger charge is -2.32. The lowest BCUT2D eigenvalue weighted by atomic mass is 9.72. The molecule has 0 aliphatic heterocycles. The normalized spacial score (nSPS) is 29.3. The fourth-order valence-electron chi connectivity index (χ4n) is 4.03. The van der Waals surface area contributed by atoms with Crippen LogP contribution in [0.1, 0.15) is 52.9 Å². The third-order valence-corrected chi connectivity index (χ3v) is 5.11. The van der Waals surface area contributed by atoms with Crippen LogP contribution in [-0.4, -0.2) is 25.2 Å². The van der Waals surface area contributed by atoms with Crippen LogP contribution in [0.5, 0.6) is 0 Å². The number of rotatable bonds is 4. The molecule has 0 saturated heterocycles. The van der Waals surface area contributed by atoms with Gasteiger partial charge in [-0.25, -0.2) is 0 Å². The predicted molar refractivity (Wildman–Crippen MR) is 88.7 cm³/mol. The van der Waals surface area contributed by atoms with Gasteiger partial charge in [-0.05, 0) is 52.4 Å². The van der Waals surface area contributed by atoms with E-state index in [2.05, 4.69) is 12.2 Å². The number of esters is 2. The number of carbonyl (C=O) groups is 2. The SMILES string of the molecule is C/C=C1/CC(C(=O)OCC)(C(=O)OCC)[C@@H]2CCCC/C=C\[C@@H]12. The molecule has 0 heterocycles. The average molecular weight is 320 g/mol. The molecule has 0 spiro atoms. The first-order valence-corrected chi connectivity index (χ1v) is 8.78. The summed E-state index contributed by atoms with van der Waals surface area (Å²) in [7, 11) is 0. The molecule has 1 saturated carbocycles. The molecule has 0 aromatic carbocycles. The molecule has 0 N–H and O–H groups in total. The smallest absolute Gasteiger partial charge is 0.324 e. The van der Waals surface area contributed by atoms with E-state index in [0.29, 0.717) is 6.42 Å². The third-order valence-electron chi connectivity index (χ3n) is 5.11. The zero-order chi connectivity index (χ0) is 16.9. The predicted octanol–water partition coefficient (Wildman–Crippen LogP) is 3.81. The number of hydrogen-bond donors (Lipinski definition) is 0. The summed E-state index contributed by atoms with van der Waals surface area (Å²) in [5.41, 5.74) is -0.0329. The van der Waals surface area contributed by atoms with Crippen molar-refractivity contribution in [2.75, 3.05) is 13.2 Å². The van der Waals surface area contributed by atoms with E-state index in [9.17, 15) is 9.59 Å². The van der Waals surface area contributed by atoms with Gasteiger partial charge >= 0.3 is 11.9 Å². The van der Waals surface area contributed by atoms with Gasteiger partial charge in [0.1, 0.15) is 0 Å². The molecule has 128 valence electrons. The van der Waals surface area contributed by atoms with Crippen LogP contribution in [0.2, 0.25) is 0 Å². The summed E-state index contributed by atoms with van der Waals surface area (Å²) >= 11 is 0. The zero-order valence-electron chi connectivity index (χ0n) is 14.5. The van der Waals surface area contributed by atoms with Gasteiger partial charge in [-0.1, -0.05) is 30.2 Å². The van der Waals surface area contributed by atoms with E-state index in [0.717, 1.165) is 31.3 Å². The quantitative estimate of drug-likeness (QED) is 0.449. The van der Waals surface area contributed by atoms with Gasteiger partial charge in [0.2, 0.25) is 0 Å². The van der Waals surface area contributed by atoms with Crippen LogP contribution in [0.25, 0.3) is 0 Å². The Kier molecular flexibility index (Phi) is 6.03. The molecule has 2 atom stereocenters. The number of carbonyl (C=O) groups excluding carboxylic acids is 2. The van der Waals surface area contributed by atoms with Crippen molar-refractivity contribution in [2.45, 2.75) is 52.9 Å². The third kappa shape index (κ3) is 3.22. The van der Waals surface area contributed by atoms with Gasteiger partial charge in [0.05, 0.1) is 13.2 Å².